The summed E-state index contributed by atoms with van der Waals surface area (Å²) in [5.74, 6) is -0.219. The molecule has 0 amide bonds. The highest BCUT2D eigenvalue weighted by molar-refractivity contribution is 6.31. The van der Waals surface area contributed by atoms with E-state index in [0.717, 1.165) is 11.1 Å². The summed E-state index contributed by atoms with van der Waals surface area (Å²) in [5.41, 5.74) is 1.90. The van der Waals surface area contributed by atoms with E-state index >= 15 is 0 Å². The van der Waals surface area contributed by atoms with Crippen molar-refractivity contribution in [2.24, 2.45) is 0 Å². The van der Waals surface area contributed by atoms with E-state index in [-0.39, 0.29) is 11.9 Å². The van der Waals surface area contributed by atoms with Crippen molar-refractivity contribution < 1.29 is 4.39 Å². The van der Waals surface area contributed by atoms with Gasteiger partial charge in [0.25, 0.3) is 0 Å². The lowest BCUT2D eigenvalue weighted by molar-refractivity contribution is 0.565. The maximum absolute atomic E-state index is 13.1. The van der Waals surface area contributed by atoms with Gasteiger partial charge in [0.1, 0.15) is 5.82 Å². The van der Waals surface area contributed by atoms with E-state index < -0.39 is 0 Å². The van der Waals surface area contributed by atoms with Crippen LogP contribution in [0.25, 0.3) is 0 Å². The van der Waals surface area contributed by atoms with Crippen LogP contribution in [-0.2, 0) is 6.54 Å². The van der Waals surface area contributed by atoms with E-state index in [1.165, 1.54) is 12.1 Å². The van der Waals surface area contributed by atoms with Gasteiger partial charge in [-0.1, -0.05) is 23.7 Å². The van der Waals surface area contributed by atoms with Gasteiger partial charge in [0.15, 0.2) is 0 Å². The van der Waals surface area contributed by atoms with Crippen LogP contribution in [0.2, 0.25) is 5.02 Å². The number of aromatic nitrogens is 1. The zero-order valence-corrected chi connectivity index (χ0v) is 10.8. The molecule has 0 bridgehead atoms. The summed E-state index contributed by atoms with van der Waals surface area (Å²) >= 11 is 6.02. The summed E-state index contributed by atoms with van der Waals surface area (Å²) in [6.07, 6.45) is 3.32. The summed E-state index contributed by atoms with van der Waals surface area (Å²) in [6, 6.07) is 8.51. The van der Waals surface area contributed by atoms with Gasteiger partial charge in [0.05, 0.1) is 5.02 Å². The molecule has 0 saturated heterocycles. The predicted molar refractivity (Wildman–Crippen MR) is 70.9 cm³/mol. The summed E-state index contributed by atoms with van der Waals surface area (Å²) < 4.78 is 13.1. The smallest absolute Gasteiger partial charge is 0.123 e. The van der Waals surface area contributed by atoms with Crippen molar-refractivity contribution in [3.8, 4) is 0 Å². The zero-order valence-electron chi connectivity index (χ0n) is 10.0. The molecule has 2 aromatic rings. The summed E-state index contributed by atoms with van der Waals surface area (Å²) in [6.45, 7) is 2.61. The number of hydrogen-bond acceptors (Lipinski definition) is 2. The van der Waals surface area contributed by atoms with Crippen molar-refractivity contribution >= 4 is 11.6 Å². The van der Waals surface area contributed by atoms with Gasteiger partial charge in [0, 0.05) is 25.0 Å². The quantitative estimate of drug-likeness (QED) is 0.910. The lowest BCUT2D eigenvalue weighted by Gasteiger charge is -2.14. The van der Waals surface area contributed by atoms with Crippen LogP contribution in [0.5, 0.6) is 0 Å². The van der Waals surface area contributed by atoms with Crippen molar-refractivity contribution in [1.29, 1.82) is 0 Å². The highest BCUT2D eigenvalue weighted by atomic mass is 35.5. The first-order valence-corrected chi connectivity index (χ1v) is 6.12. The van der Waals surface area contributed by atoms with E-state index in [2.05, 4.69) is 10.3 Å². The largest absolute Gasteiger partial charge is 0.306 e. The Balaban J connectivity index is 2.00. The number of nitrogens with zero attached hydrogens (tertiary/aromatic N) is 1. The average Bonchev–Trinajstić information content (AvgIpc) is 2.37. The molecular weight excluding hydrogens is 251 g/mol. The van der Waals surface area contributed by atoms with Gasteiger partial charge >= 0.3 is 0 Å². The standard InChI is InChI=1S/C14H14ClFN2/c1-10(11-3-2-4-13(16)7-11)18-8-12-5-6-17-9-14(12)15/h2-7,9-10,18H,8H2,1H3. The van der Waals surface area contributed by atoms with Gasteiger partial charge in [-0.3, -0.25) is 4.98 Å². The maximum Gasteiger partial charge on any atom is 0.123 e. The Morgan fingerprint density at radius 1 is 1.39 bits per heavy atom. The molecule has 1 aromatic heterocycles. The predicted octanol–water partition coefficient (Wildman–Crippen LogP) is 3.72. The fourth-order valence-electron chi connectivity index (χ4n) is 1.70. The third-order valence-electron chi connectivity index (χ3n) is 2.80. The molecular formula is C14H14ClFN2. The molecule has 2 nitrogen and oxygen atoms in total. The summed E-state index contributed by atoms with van der Waals surface area (Å²) in [5, 5.41) is 3.94. The molecule has 1 aromatic carbocycles. The Morgan fingerprint density at radius 3 is 2.94 bits per heavy atom. The van der Waals surface area contributed by atoms with E-state index in [9.17, 15) is 4.39 Å². The van der Waals surface area contributed by atoms with E-state index in [0.29, 0.717) is 11.6 Å². The number of benzene rings is 1. The Bertz CT molecular complexity index is 531. The Kier molecular flexibility index (Phi) is 4.28. The molecule has 2 rings (SSSR count). The maximum atomic E-state index is 13.1. The second-order valence-corrected chi connectivity index (χ2v) is 4.53. The van der Waals surface area contributed by atoms with E-state index in [1.54, 1.807) is 18.5 Å². The van der Waals surface area contributed by atoms with Crippen LogP contribution in [0.3, 0.4) is 0 Å². The normalized spacial score (nSPS) is 12.4. The highest BCUT2D eigenvalue weighted by Gasteiger charge is 2.07. The van der Waals surface area contributed by atoms with E-state index in [4.69, 9.17) is 11.6 Å². The molecule has 1 atom stereocenters. The third-order valence-corrected chi connectivity index (χ3v) is 3.14. The van der Waals surface area contributed by atoms with Crippen molar-refractivity contribution in [2.75, 3.05) is 0 Å². The summed E-state index contributed by atoms with van der Waals surface area (Å²) in [4.78, 5) is 3.93. The second kappa shape index (κ2) is 5.94. The molecule has 18 heavy (non-hydrogen) atoms. The molecule has 1 N–H and O–H groups in total. The second-order valence-electron chi connectivity index (χ2n) is 4.12. The molecule has 0 aliphatic heterocycles. The molecule has 0 spiro atoms. The van der Waals surface area contributed by atoms with Crippen LogP contribution >= 0.6 is 11.6 Å². The Labute approximate surface area is 111 Å². The molecule has 0 radical (unpaired) electrons. The van der Waals surface area contributed by atoms with Crippen LogP contribution in [0, 0.1) is 5.82 Å². The molecule has 0 aliphatic carbocycles. The average molecular weight is 265 g/mol. The van der Waals surface area contributed by atoms with Gasteiger partial charge in [0.2, 0.25) is 0 Å². The van der Waals surface area contributed by atoms with Gasteiger partial charge in [-0.05, 0) is 36.2 Å². The van der Waals surface area contributed by atoms with Crippen molar-refractivity contribution in [1.82, 2.24) is 10.3 Å². The molecule has 1 heterocycles. The first-order valence-electron chi connectivity index (χ1n) is 5.74. The van der Waals surface area contributed by atoms with Crippen LogP contribution in [0.4, 0.5) is 4.39 Å². The number of rotatable bonds is 4. The SMILES string of the molecule is CC(NCc1ccncc1Cl)c1cccc(F)c1. The molecule has 0 fully saturated rings. The molecule has 0 aliphatic rings. The Hall–Kier alpha value is -1.45. The lowest BCUT2D eigenvalue weighted by Crippen LogP contribution is -2.18. The number of nitrogens with one attached hydrogen (secondary N) is 1. The van der Waals surface area contributed by atoms with Gasteiger partial charge in [-0.2, -0.15) is 0 Å². The molecule has 4 heteroatoms. The third kappa shape index (κ3) is 3.28. The van der Waals surface area contributed by atoms with Gasteiger partial charge in [-0.15, -0.1) is 0 Å². The van der Waals surface area contributed by atoms with Crippen LogP contribution in [-0.4, -0.2) is 4.98 Å². The minimum absolute atomic E-state index is 0.0601. The van der Waals surface area contributed by atoms with Crippen molar-refractivity contribution in [2.45, 2.75) is 19.5 Å². The molecule has 94 valence electrons. The van der Waals surface area contributed by atoms with Crippen LogP contribution in [0.1, 0.15) is 24.1 Å². The number of hydrogen-bond donors (Lipinski definition) is 1. The fourth-order valence-corrected chi connectivity index (χ4v) is 1.89. The molecule has 0 saturated carbocycles. The number of halogens is 2. The van der Waals surface area contributed by atoms with Crippen molar-refractivity contribution in [3.05, 3.63) is 64.7 Å². The minimum Gasteiger partial charge on any atom is -0.306 e. The fraction of sp³-hybridized carbons (Fsp3) is 0.214. The van der Waals surface area contributed by atoms with Gasteiger partial charge in [-0.25, -0.2) is 4.39 Å². The number of pyridine rings is 1. The van der Waals surface area contributed by atoms with Gasteiger partial charge < -0.3 is 5.32 Å². The first kappa shape index (κ1) is 13.0. The van der Waals surface area contributed by atoms with Crippen LogP contribution < -0.4 is 5.32 Å². The first-order chi connectivity index (χ1) is 8.66. The summed E-state index contributed by atoms with van der Waals surface area (Å²) in [7, 11) is 0. The molecule has 1 unspecified atom stereocenters. The minimum atomic E-state index is -0.219. The zero-order chi connectivity index (χ0) is 13.0. The monoisotopic (exact) mass is 264 g/mol. The van der Waals surface area contributed by atoms with Crippen molar-refractivity contribution in [3.63, 3.8) is 0 Å². The Morgan fingerprint density at radius 2 is 2.22 bits per heavy atom. The highest BCUT2D eigenvalue weighted by Crippen LogP contribution is 2.17. The topological polar surface area (TPSA) is 24.9 Å². The van der Waals surface area contributed by atoms with Crippen LogP contribution in [0.15, 0.2) is 42.7 Å². The van der Waals surface area contributed by atoms with E-state index in [1.807, 2.05) is 19.1 Å². The lowest BCUT2D eigenvalue weighted by atomic mass is 10.1.